The second-order valence-corrected chi connectivity index (χ2v) is 6.05. The zero-order valence-corrected chi connectivity index (χ0v) is 13.7. The molecule has 0 saturated carbocycles. The van der Waals surface area contributed by atoms with Gasteiger partial charge in [0.2, 0.25) is 0 Å². The Balaban J connectivity index is 1.82. The van der Waals surface area contributed by atoms with Gasteiger partial charge in [-0.2, -0.15) is 0 Å². The number of fused-ring (bicyclic) bond motifs is 1. The fraction of sp³-hybridized carbons (Fsp3) is 0.211. The molecule has 0 fully saturated rings. The second-order valence-electron chi connectivity index (χ2n) is 6.05. The fourth-order valence-electron chi connectivity index (χ4n) is 3.01. The minimum absolute atomic E-state index is 0.00378. The van der Waals surface area contributed by atoms with E-state index in [0.717, 1.165) is 24.1 Å². The fourth-order valence-corrected chi connectivity index (χ4v) is 3.01. The molecule has 0 aliphatic carbocycles. The smallest absolute Gasteiger partial charge is 0.269 e. The van der Waals surface area contributed by atoms with Gasteiger partial charge in [0.15, 0.2) is 0 Å². The summed E-state index contributed by atoms with van der Waals surface area (Å²) in [4.78, 5) is 24.5. The molecular weight excluding hydrogens is 323 g/mol. The van der Waals surface area contributed by atoms with E-state index in [1.807, 2.05) is 6.92 Å². The highest BCUT2D eigenvalue weighted by molar-refractivity contribution is 6.05. The number of aryl methyl sites for hydroxylation is 1. The van der Waals surface area contributed by atoms with Crippen molar-refractivity contribution in [3.8, 4) is 0 Å². The summed E-state index contributed by atoms with van der Waals surface area (Å²) in [7, 11) is 0. The van der Waals surface area contributed by atoms with E-state index in [1.54, 1.807) is 29.2 Å². The molecule has 1 heterocycles. The number of anilines is 1. The molecule has 3 rings (SSSR count). The molecule has 1 amide bonds. The summed E-state index contributed by atoms with van der Waals surface area (Å²) in [5, 5.41) is 10.7. The Labute approximate surface area is 144 Å². The van der Waals surface area contributed by atoms with Crippen LogP contribution in [-0.2, 0) is 11.2 Å². The molecule has 0 aromatic heterocycles. The van der Waals surface area contributed by atoms with Crippen molar-refractivity contribution in [2.45, 2.75) is 25.8 Å². The molecule has 5 nitrogen and oxygen atoms in total. The molecule has 0 bridgehead atoms. The number of carbonyl (C=O) groups is 1. The van der Waals surface area contributed by atoms with Gasteiger partial charge < -0.3 is 4.90 Å². The quantitative estimate of drug-likeness (QED) is 0.480. The highest BCUT2D eigenvalue weighted by Crippen LogP contribution is 2.31. The summed E-state index contributed by atoms with van der Waals surface area (Å²) in [6.07, 6.45) is 4.57. The molecule has 2 aromatic rings. The van der Waals surface area contributed by atoms with E-state index in [2.05, 4.69) is 0 Å². The highest BCUT2D eigenvalue weighted by atomic mass is 19.1. The average molecular weight is 340 g/mol. The largest absolute Gasteiger partial charge is 0.306 e. The monoisotopic (exact) mass is 340 g/mol. The first-order valence-electron chi connectivity index (χ1n) is 8.00. The first kappa shape index (κ1) is 16.8. The van der Waals surface area contributed by atoms with Crippen molar-refractivity contribution >= 4 is 23.4 Å². The lowest BCUT2D eigenvalue weighted by molar-refractivity contribution is -0.384. The van der Waals surface area contributed by atoms with Crippen LogP contribution < -0.4 is 4.90 Å². The van der Waals surface area contributed by atoms with Crippen LogP contribution in [0.5, 0.6) is 0 Å². The van der Waals surface area contributed by atoms with Crippen molar-refractivity contribution in [2.24, 2.45) is 0 Å². The van der Waals surface area contributed by atoms with Gasteiger partial charge in [0.1, 0.15) is 5.82 Å². The Morgan fingerprint density at radius 2 is 2.00 bits per heavy atom. The number of hydrogen-bond donors (Lipinski definition) is 0. The number of nitro benzene ring substituents is 1. The van der Waals surface area contributed by atoms with Crippen LogP contribution in [-0.4, -0.2) is 16.9 Å². The number of non-ortho nitro benzene ring substituents is 1. The number of benzene rings is 2. The molecule has 0 spiro atoms. The van der Waals surface area contributed by atoms with Gasteiger partial charge in [-0.25, -0.2) is 4.39 Å². The Bertz CT molecular complexity index is 846. The van der Waals surface area contributed by atoms with Crippen LogP contribution in [0.3, 0.4) is 0 Å². The molecule has 1 aliphatic rings. The molecule has 25 heavy (non-hydrogen) atoms. The van der Waals surface area contributed by atoms with Crippen LogP contribution in [0.15, 0.2) is 48.5 Å². The Morgan fingerprint density at radius 1 is 1.28 bits per heavy atom. The van der Waals surface area contributed by atoms with Crippen molar-refractivity contribution in [1.82, 2.24) is 0 Å². The Morgan fingerprint density at radius 3 is 2.68 bits per heavy atom. The Kier molecular flexibility index (Phi) is 4.61. The summed E-state index contributed by atoms with van der Waals surface area (Å²) < 4.78 is 13.4. The molecule has 1 atom stereocenters. The van der Waals surface area contributed by atoms with Gasteiger partial charge >= 0.3 is 0 Å². The third kappa shape index (κ3) is 3.57. The van der Waals surface area contributed by atoms with E-state index in [0.29, 0.717) is 5.56 Å². The zero-order chi connectivity index (χ0) is 18.0. The average Bonchev–Trinajstić information content (AvgIpc) is 2.60. The third-order valence-electron chi connectivity index (χ3n) is 4.33. The van der Waals surface area contributed by atoms with Gasteiger partial charge in [-0.05, 0) is 67.3 Å². The number of rotatable bonds is 3. The van der Waals surface area contributed by atoms with E-state index >= 15 is 0 Å². The molecule has 6 heteroatoms. The van der Waals surface area contributed by atoms with Gasteiger partial charge in [0, 0.05) is 29.9 Å². The van der Waals surface area contributed by atoms with Crippen LogP contribution in [0.25, 0.3) is 6.08 Å². The Hall–Kier alpha value is -3.02. The SMILES string of the molecule is CC1CCc2cc(F)ccc2N1C(=O)C=Cc1ccc([N+](=O)[O-])cc1. The molecule has 0 N–H and O–H groups in total. The summed E-state index contributed by atoms with van der Waals surface area (Å²) in [5.74, 6) is -0.500. The van der Waals surface area contributed by atoms with Crippen molar-refractivity contribution in [2.75, 3.05) is 4.90 Å². The van der Waals surface area contributed by atoms with Crippen molar-refractivity contribution in [3.05, 3.63) is 75.6 Å². The minimum atomic E-state index is -0.468. The van der Waals surface area contributed by atoms with Crippen LogP contribution in [0.2, 0.25) is 0 Å². The maximum atomic E-state index is 13.4. The van der Waals surface area contributed by atoms with Gasteiger partial charge in [-0.3, -0.25) is 14.9 Å². The van der Waals surface area contributed by atoms with Crippen LogP contribution in [0, 0.1) is 15.9 Å². The normalized spacial score (nSPS) is 16.7. The predicted octanol–water partition coefficient (Wildman–Crippen LogP) is 4.12. The zero-order valence-electron chi connectivity index (χ0n) is 13.7. The first-order chi connectivity index (χ1) is 12.0. The van der Waals surface area contributed by atoms with E-state index < -0.39 is 4.92 Å². The van der Waals surface area contributed by atoms with Gasteiger partial charge in [-0.1, -0.05) is 0 Å². The maximum absolute atomic E-state index is 13.4. The molecule has 128 valence electrons. The number of hydrogen-bond acceptors (Lipinski definition) is 3. The number of amides is 1. The van der Waals surface area contributed by atoms with Gasteiger partial charge in [-0.15, -0.1) is 0 Å². The van der Waals surface area contributed by atoms with E-state index in [9.17, 15) is 19.3 Å². The van der Waals surface area contributed by atoms with Crippen LogP contribution in [0.4, 0.5) is 15.8 Å². The first-order valence-corrected chi connectivity index (χ1v) is 8.00. The summed E-state index contributed by atoms with van der Waals surface area (Å²) in [6.45, 7) is 1.96. The number of nitro groups is 1. The molecule has 1 unspecified atom stereocenters. The van der Waals surface area contributed by atoms with Crippen molar-refractivity contribution in [3.63, 3.8) is 0 Å². The second kappa shape index (κ2) is 6.84. The van der Waals surface area contributed by atoms with E-state index in [4.69, 9.17) is 0 Å². The standard InChI is InChI=1S/C19H17FN2O3/c1-13-2-6-15-12-16(20)7-10-18(15)21(13)19(23)11-5-14-3-8-17(9-4-14)22(24)25/h3-5,7-13H,2,6H2,1H3. The lowest BCUT2D eigenvalue weighted by atomic mass is 9.96. The number of nitrogens with zero attached hydrogens (tertiary/aromatic N) is 2. The highest BCUT2D eigenvalue weighted by Gasteiger charge is 2.27. The van der Waals surface area contributed by atoms with E-state index in [-0.39, 0.29) is 23.5 Å². The van der Waals surface area contributed by atoms with Crippen molar-refractivity contribution in [1.29, 1.82) is 0 Å². The van der Waals surface area contributed by atoms with Crippen LogP contribution in [0.1, 0.15) is 24.5 Å². The van der Waals surface area contributed by atoms with Gasteiger partial charge in [0.05, 0.1) is 4.92 Å². The molecule has 0 saturated heterocycles. The number of halogens is 1. The lowest BCUT2D eigenvalue weighted by Gasteiger charge is -2.34. The third-order valence-corrected chi connectivity index (χ3v) is 4.33. The summed E-state index contributed by atoms with van der Waals surface area (Å²) >= 11 is 0. The van der Waals surface area contributed by atoms with Crippen molar-refractivity contribution < 1.29 is 14.1 Å². The topological polar surface area (TPSA) is 63.5 Å². The minimum Gasteiger partial charge on any atom is -0.306 e. The molecule has 2 aromatic carbocycles. The summed E-state index contributed by atoms with van der Waals surface area (Å²) in [5.41, 5.74) is 2.26. The molecule has 1 aliphatic heterocycles. The maximum Gasteiger partial charge on any atom is 0.269 e. The molecular formula is C19H17FN2O3. The van der Waals surface area contributed by atoms with E-state index in [1.165, 1.54) is 30.3 Å². The van der Waals surface area contributed by atoms with Gasteiger partial charge in [0.25, 0.3) is 11.6 Å². The number of carbonyl (C=O) groups excluding carboxylic acids is 1. The predicted molar refractivity (Wildman–Crippen MR) is 93.8 cm³/mol. The molecule has 0 radical (unpaired) electrons. The summed E-state index contributed by atoms with van der Waals surface area (Å²) in [6, 6.07) is 10.5. The van der Waals surface area contributed by atoms with Crippen LogP contribution >= 0.6 is 0 Å². The lowest BCUT2D eigenvalue weighted by Crippen LogP contribution is -2.41.